The van der Waals surface area contributed by atoms with Crippen LogP contribution in [0.25, 0.3) is 0 Å². The third-order valence-corrected chi connectivity index (χ3v) is 6.63. The average molecular weight is 517 g/mol. The van der Waals surface area contributed by atoms with Crippen LogP contribution in [0.5, 0.6) is 5.75 Å². The van der Waals surface area contributed by atoms with E-state index in [9.17, 15) is 24.0 Å². The van der Waals surface area contributed by atoms with E-state index in [2.05, 4.69) is 20.7 Å². The zero-order chi connectivity index (χ0) is 25.6. The Labute approximate surface area is 213 Å². The van der Waals surface area contributed by atoms with Crippen molar-refractivity contribution in [1.29, 1.82) is 0 Å². The van der Waals surface area contributed by atoms with Gasteiger partial charge in [-0.15, -0.1) is 0 Å². The van der Waals surface area contributed by atoms with Crippen molar-refractivity contribution in [3.05, 3.63) is 52.5 Å². The average Bonchev–Trinajstić information content (AvgIpc) is 3.33. The predicted octanol–water partition coefficient (Wildman–Crippen LogP) is 1.80. The highest BCUT2D eigenvalue weighted by Gasteiger charge is 2.50. The molecule has 5 amide bonds. The Balaban J connectivity index is 0.00000200. The number of halogens is 1. The molecular weight excluding hydrogens is 492 g/mol. The summed E-state index contributed by atoms with van der Waals surface area (Å²) >= 11 is 6.10. The SMILES string of the molecule is COC(=O)CC1Oc2ccc(Cl)cc2N(CC(=O)Nc2ccc3c(c2)CC2(C3)NC(=O)NC2=O)C1=O.[HH].[HH]. The van der Waals surface area contributed by atoms with Crippen molar-refractivity contribution in [2.75, 3.05) is 23.9 Å². The topological polar surface area (TPSA) is 143 Å². The Hall–Kier alpha value is -4.12. The molecule has 1 aliphatic carbocycles. The molecular formula is C24H25ClN4O7. The lowest BCUT2D eigenvalue weighted by molar-refractivity contribution is -0.145. The number of rotatable bonds is 5. The summed E-state index contributed by atoms with van der Waals surface area (Å²) in [6.45, 7) is -0.354. The van der Waals surface area contributed by atoms with Gasteiger partial charge in [0.2, 0.25) is 5.91 Å². The second-order valence-corrected chi connectivity index (χ2v) is 9.24. The number of hydrogen-bond donors (Lipinski definition) is 3. The van der Waals surface area contributed by atoms with Crippen molar-refractivity contribution in [1.82, 2.24) is 10.6 Å². The number of carbonyl (C=O) groups is 5. The number of esters is 1. The number of fused-ring (bicyclic) bond motifs is 2. The molecule has 1 spiro atoms. The van der Waals surface area contributed by atoms with Crippen LogP contribution in [0.3, 0.4) is 0 Å². The molecule has 11 nitrogen and oxygen atoms in total. The second kappa shape index (κ2) is 8.83. The van der Waals surface area contributed by atoms with Gasteiger partial charge in [-0.1, -0.05) is 17.7 Å². The molecule has 0 bridgehead atoms. The van der Waals surface area contributed by atoms with Crippen LogP contribution in [-0.2, 0) is 36.8 Å². The molecule has 1 saturated heterocycles. The molecule has 2 atom stereocenters. The molecule has 36 heavy (non-hydrogen) atoms. The van der Waals surface area contributed by atoms with E-state index in [-0.39, 0.29) is 21.7 Å². The maximum absolute atomic E-state index is 13.1. The van der Waals surface area contributed by atoms with E-state index in [1.807, 2.05) is 0 Å². The number of carbonyl (C=O) groups excluding carboxylic acids is 5. The smallest absolute Gasteiger partial charge is 0.322 e. The summed E-state index contributed by atoms with van der Waals surface area (Å²) in [5.41, 5.74) is 1.48. The zero-order valence-corrected chi connectivity index (χ0v) is 19.8. The number of imide groups is 1. The molecule has 1 fully saturated rings. The Morgan fingerprint density at radius 2 is 1.97 bits per heavy atom. The quantitative estimate of drug-likeness (QED) is 0.406. The van der Waals surface area contributed by atoms with Gasteiger partial charge in [-0.2, -0.15) is 0 Å². The summed E-state index contributed by atoms with van der Waals surface area (Å²) in [6.07, 6.45) is -0.808. The fourth-order valence-corrected chi connectivity index (χ4v) is 4.87. The van der Waals surface area contributed by atoms with Crippen molar-refractivity contribution in [2.45, 2.75) is 30.9 Å². The lowest BCUT2D eigenvalue weighted by Gasteiger charge is -2.33. The molecule has 5 rings (SSSR count). The molecule has 2 unspecified atom stereocenters. The number of anilines is 2. The third-order valence-electron chi connectivity index (χ3n) is 6.39. The van der Waals surface area contributed by atoms with Crippen LogP contribution >= 0.6 is 11.6 Å². The maximum Gasteiger partial charge on any atom is 0.322 e. The minimum atomic E-state index is -1.15. The summed E-state index contributed by atoms with van der Waals surface area (Å²) in [4.78, 5) is 62.9. The van der Waals surface area contributed by atoms with E-state index in [1.165, 1.54) is 18.1 Å². The van der Waals surface area contributed by atoms with E-state index in [0.29, 0.717) is 35.0 Å². The van der Waals surface area contributed by atoms with Crippen LogP contribution in [0, 0.1) is 0 Å². The molecule has 0 saturated carbocycles. The monoisotopic (exact) mass is 516 g/mol. The van der Waals surface area contributed by atoms with Crippen LogP contribution < -0.4 is 25.6 Å². The molecule has 3 N–H and O–H groups in total. The first-order chi connectivity index (χ1) is 17.2. The largest absolute Gasteiger partial charge is 0.478 e. The fourth-order valence-electron chi connectivity index (χ4n) is 4.70. The zero-order valence-electron chi connectivity index (χ0n) is 19.1. The van der Waals surface area contributed by atoms with Crippen LogP contribution in [-0.4, -0.2) is 55.0 Å². The van der Waals surface area contributed by atoms with E-state index in [1.54, 1.807) is 30.3 Å². The number of amides is 5. The van der Waals surface area contributed by atoms with Gasteiger partial charge in [0.05, 0.1) is 19.2 Å². The lowest BCUT2D eigenvalue weighted by Crippen LogP contribution is -2.49. The highest BCUT2D eigenvalue weighted by Crippen LogP contribution is 2.37. The van der Waals surface area contributed by atoms with Gasteiger partial charge in [-0.05, 0) is 41.5 Å². The van der Waals surface area contributed by atoms with E-state index >= 15 is 0 Å². The van der Waals surface area contributed by atoms with Crippen LogP contribution in [0.4, 0.5) is 16.2 Å². The number of nitrogens with zero attached hydrogens (tertiary/aromatic N) is 1. The van der Waals surface area contributed by atoms with Gasteiger partial charge < -0.3 is 20.1 Å². The molecule has 2 aromatic rings. The van der Waals surface area contributed by atoms with Crippen LogP contribution in [0.2, 0.25) is 5.02 Å². The minimum Gasteiger partial charge on any atom is -0.478 e. The molecule has 12 heteroatoms. The van der Waals surface area contributed by atoms with E-state index < -0.39 is 35.5 Å². The maximum atomic E-state index is 13.1. The highest BCUT2D eigenvalue weighted by molar-refractivity contribution is 6.31. The van der Waals surface area contributed by atoms with Gasteiger partial charge in [-0.25, -0.2) is 4.79 Å². The van der Waals surface area contributed by atoms with Crippen LogP contribution in [0.1, 0.15) is 20.4 Å². The number of hydrogen-bond acceptors (Lipinski definition) is 7. The van der Waals surface area contributed by atoms with Crippen LogP contribution in [0.15, 0.2) is 36.4 Å². The first kappa shape index (κ1) is 23.6. The first-order valence-corrected chi connectivity index (χ1v) is 11.4. The summed E-state index contributed by atoms with van der Waals surface area (Å²) in [6, 6.07) is 9.34. The molecule has 2 aliphatic heterocycles. The Morgan fingerprint density at radius 1 is 1.19 bits per heavy atom. The normalized spacial score (nSPS) is 21.9. The van der Waals surface area contributed by atoms with Crippen molar-refractivity contribution < 1.29 is 36.3 Å². The molecule has 2 heterocycles. The molecule has 0 radical (unpaired) electrons. The summed E-state index contributed by atoms with van der Waals surface area (Å²) < 4.78 is 10.3. The van der Waals surface area contributed by atoms with Crippen molar-refractivity contribution in [3.8, 4) is 5.75 Å². The van der Waals surface area contributed by atoms with Gasteiger partial charge in [0.1, 0.15) is 17.8 Å². The van der Waals surface area contributed by atoms with Crippen molar-refractivity contribution >= 4 is 52.7 Å². The predicted molar refractivity (Wildman–Crippen MR) is 131 cm³/mol. The van der Waals surface area contributed by atoms with Gasteiger partial charge in [-0.3, -0.25) is 29.4 Å². The number of nitrogens with one attached hydrogen (secondary N) is 3. The van der Waals surface area contributed by atoms with Crippen molar-refractivity contribution in [2.24, 2.45) is 0 Å². The van der Waals surface area contributed by atoms with Crippen molar-refractivity contribution in [3.63, 3.8) is 0 Å². The summed E-state index contributed by atoms with van der Waals surface area (Å²) in [7, 11) is 1.21. The lowest BCUT2D eigenvalue weighted by atomic mass is 9.96. The summed E-state index contributed by atoms with van der Waals surface area (Å²) in [5.74, 6) is -1.77. The number of ether oxygens (including phenoxy) is 2. The standard InChI is InChI=1S/C24H21ClN4O7.2H2/c1-35-20(31)8-18-21(32)29(16-7-14(25)3-5-17(16)36-18)11-19(30)26-15-4-2-12-9-24(10-13(12)6-15)22(33)27-23(34)28-24;;/h2-7,18H,8-11H2,1H3,(H,26,30)(H2,27,28,33,34);2*1H. The third kappa shape index (κ3) is 4.22. The van der Waals surface area contributed by atoms with Gasteiger partial charge >= 0.3 is 12.0 Å². The fraction of sp³-hybridized carbons (Fsp3) is 0.292. The first-order valence-electron chi connectivity index (χ1n) is 11.1. The minimum absolute atomic E-state index is 0. The Bertz CT molecular complexity index is 1340. The van der Waals surface area contributed by atoms with Gasteiger partial charge in [0.15, 0.2) is 6.10 Å². The molecule has 0 aromatic heterocycles. The number of benzene rings is 2. The Morgan fingerprint density at radius 3 is 2.69 bits per heavy atom. The summed E-state index contributed by atoms with van der Waals surface area (Å²) in [5, 5.41) is 8.07. The van der Waals surface area contributed by atoms with Gasteiger partial charge in [0, 0.05) is 26.4 Å². The second-order valence-electron chi connectivity index (χ2n) is 8.80. The molecule has 3 aliphatic rings. The number of urea groups is 1. The molecule has 2 aromatic carbocycles. The van der Waals surface area contributed by atoms with E-state index in [0.717, 1.165) is 11.1 Å². The van der Waals surface area contributed by atoms with Gasteiger partial charge in [0.25, 0.3) is 11.8 Å². The Kier molecular flexibility index (Phi) is 5.79. The highest BCUT2D eigenvalue weighted by atomic mass is 35.5. The van der Waals surface area contributed by atoms with E-state index in [4.69, 9.17) is 16.3 Å². The number of methoxy groups -OCH3 is 1. The molecule has 190 valence electrons.